The van der Waals surface area contributed by atoms with E-state index in [0.717, 1.165) is 5.75 Å². The Morgan fingerprint density at radius 1 is 1.23 bits per heavy atom. The van der Waals surface area contributed by atoms with Crippen LogP contribution < -0.4 is 4.74 Å². The van der Waals surface area contributed by atoms with Crippen LogP contribution in [0.15, 0.2) is 30.3 Å². The predicted octanol–water partition coefficient (Wildman–Crippen LogP) is 2.08. The third-order valence-electron chi connectivity index (χ3n) is 1.95. The first-order valence-corrected chi connectivity index (χ1v) is 4.56. The molecule has 1 N–H and O–H groups in total. The van der Waals surface area contributed by atoms with Gasteiger partial charge in [0.25, 0.3) is 0 Å². The Hall–Kier alpha value is -1.02. The van der Waals surface area contributed by atoms with Crippen LogP contribution in [0.1, 0.15) is 13.8 Å². The van der Waals surface area contributed by atoms with Crippen LogP contribution in [0, 0.1) is 5.92 Å². The van der Waals surface area contributed by atoms with E-state index < -0.39 is 0 Å². The zero-order valence-corrected chi connectivity index (χ0v) is 8.10. The highest BCUT2D eigenvalue weighted by atomic mass is 16.5. The lowest BCUT2D eigenvalue weighted by atomic mass is 10.1. The fraction of sp³-hybridized carbons (Fsp3) is 0.455. The van der Waals surface area contributed by atoms with E-state index in [-0.39, 0.29) is 12.7 Å². The maximum atomic E-state index is 9.03. The highest BCUT2D eigenvalue weighted by molar-refractivity contribution is 5.21. The molecule has 0 aliphatic rings. The molecular weight excluding hydrogens is 164 g/mol. The molecule has 13 heavy (non-hydrogen) atoms. The lowest BCUT2D eigenvalue weighted by molar-refractivity contribution is 0.0801. The summed E-state index contributed by atoms with van der Waals surface area (Å²) in [6.07, 6.45) is -0.109. The van der Waals surface area contributed by atoms with Crippen molar-refractivity contribution in [2.75, 3.05) is 6.61 Å². The van der Waals surface area contributed by atoms with E-state index in [2.05, 4.69) is 0 Å². The van der Waals surface area contributed by atoms with Gasteiger partial charge in [-0.25, -0.2) is 0 Å². The molecule has 0 saturated carbocycles. The second kappa shape index (κ2) is 4.87. The highest BCUT2D eigenvalue weighted by Gasteiger charge is 2.13. The Morgan fingerprint density at radius 2 is 1.85 bits per heavy atom. The molecule has 1 atom stereocenters. The first-order chi connectivity index (χ1) is 6.24. The lowest BCUT2D eigenvalue weighted by Crippen LogP contribution is -2.26. The number of ether oxygens (including phenoxy) is 1. The summed E-state index contributed by atoms with van der Waals surface area (Å²) in [6.45, 7) is 4.13. The van der Waals surface area contributed by atoms with Crippen LogP contribution in [-0.2, 0) is 0 Å². The molecule has 0 aromatic heterocycles. The Kier molecular flexibility index (Phi) is 3.77. The van der Waals surface area contributed by atoms with Crippen LogP contribution in [-0.4, -0.2) is 17.8 Å². The third-order valence-corrected chi connectivity index (χ3v) is 1.95. The Balaban J connectivity index is 2.57. The molecule has 1 unspecified atom stereocenters. The average molecular weight is 180 g/mol. The Bertz CT molecular complexity index is 231. The number of benzene rings is 1. The van der Waals surface area contributed by atoms with E-state index >= 15 is 0 Å². The van der Waals surface area contributed by atoms with Crippen molar-refractivity contribution in [3.05, 3.63) is 30.3 Å². The van der Waals surface area contributed by atoms with Crippen molar-refractivity contribution in [2.24, 2.45) is 5.92 Å². The molecule has 0 heterocycles. The van der Waals surface area contributed by atoms with Gasteiger partial charge in [-0.05, 0) is 18.1 Å². The summed E-state index contributed by atoms with van der Waals surface area (Å²) in [4.78, 5) is 0. The fourth-order valence-electron chi connectivity index (χ4n) is 1.06. The molecule has 0 spiro atoms. The van der Waals surface area contributed by atoms with Gasteiger partial charge in [0.2, 0.25) is 0 Å². The van der Waals surface area contributed by atoms with Gasteiger partial charge in [0.15, 0.2) is 0 Å². The fourth-order valence-corrected chi connectivity index (χ4v) is 1.06. The van der Waals surface area contributed by atoms with Crippen LogP contribution in [0.4, 0.5) is 0 Å². The summed E-state index contributed by atoms with van der Waals surface area (Å²) in [5.41, 5.74) is 0. The second-order valence-electron chi connectivity index (χ2n) is 3.40. The predicted molar refractivity (Wildman–Crippen MR) is 52.8 cm³/mol. The van der Waals surface area contributed by atoms with E-state index in [1.807, 2.05) is 44.2 Å². The quantitative estimate of drug-likeness (QED) is 0.768. The number of hydrogen-bond acceptors (Lipinski definition) is 2. The minimum absolute atomic E-state index is 0.0621. The maximum absolute atomic E-state index is 9.03. The van der Waals surface area contributed by atoms with Crippen molar-refractivity contribution < 1.29 is 9.84 Å². The zero-order chi connectivity index (χ0) is 9.68. The second-order valence-corrected chi connectivity index (χ2v) is 3.40. The molecule has 0 fully saturated rings. The number of para-hydroxylation sites is 1. The summed E-state index contributed by atoms with van der Waals surface area (Å²) < 4.78 is 5.58. The van der Waals surface area contributed by atoms with Gasteiger partial charge in [0, 0.05) is 0 Å². The van der Waals surface area contributed by atoms with Gasteiger partial charge < -0.3 is 9.84 Å². The number of aliphatic hydroxyl groups is 1. The van der Waals surface area contributed by atoms with Crippen LogP contribution in [0.25, 0.3) is 0 Å². The molecule has 0 aliphatic heterocycles. The lowest BCUT2D eigenvalue weighted by Gasteiger charge is -2.20. The molecule has 1 rings (SSSR count). The van der Waals surface area contributed by atoms with E-state index in [1.54, 1.807) is 0 Å². The number of hydrogen-bond donors (Lipinski definition) is 1. The molecule has 0 saturated heterocycles. The van der Waals surface area contributed by atoms with Crippen molar-refractivity contribution in [3.8, 4) is 5.75 Å². The smallest absolute Gasteiger partial charge is 0.124 e. The molecule has 2 heteroatoms. The van der Waals surface area contributed by atoms with Crippen molar-refractivity contribution in [1.82, 2.24) is 0 Å². The molecule has 0 radical (unpaired) electrons. The third kappa shape index (κ3) is 3.07. The van der Waals surface area contributed by atoms with Crippen LogP contribution >= 0.6 is 0 Å². The molecule has 1 aromatic rings. The molecule has 0 bridgehead atoms. The molecular formula is C11H16O2. The first kappa shape index (κ1) is 10.1. The van der Waals surface area contributed by atoms with Crippen molar-refractivity contribution in [1.29, 1.82) is 0 Å². The standard InChI is InChI=1S/C11H16O2/c1-9(2)11(8-12)13-10-6-4-3-5-7-10/h3-7,9,11-12H,8H2,1-2H3. The van der Waals surface area contributed by atoms with Gasteiger partial charge in [-0.2, -0.15) is 0 Å². The van der Waals surface area contributed by atoms with Gasteiger partial charge in [-0.15, -0.1) is 0 Å². The first-order valence-electron chi connectivity index (χ1n) is 4.56. The van der Waals surface area contributed by atoms with Gasteiger partial charge >= 0.3 is 0 Å². The van der Waals surface area contributed by atoms with Gasteiger partial charge in [0.05, 0.1) is 6.61 Å². The molecule has 1 aromatic carbocycles. The number of aliphatic hydroxyl groups excluding tert-OH is 1. The average Bonchev–Trinajstić information content (AvgIpc) is 2.15. The van der Waals surface area contributed by atoms with Gasteiger partial charge in [-0.3, -0.25) is 0 Å². The monoisotopic (exact) mass is 180 g/mol. The number of rotatable bonds is 4. The van der Waals surface area contributed by atoms with Crippen molar-refractivity contribution in [2.45, 2.75) is 20.0 Å². The summed E-state index contributed by atoms with van der Waals surface area (Å²) >= 11 is 0. The summed E-state index contributed by atoms with van der Waals surface area (Å²) in [5, 5.41) is 9.03. The topological polar surface area (TPSA) is 29.5 Å². The van der Waals surface area contributed by atoms with Gasteiger partial charge in [0.1, 0.15) is 11.9 Å². The summed E-state index contributed by atoms with van der Waals surface area (Å²) in [6, 6.07) is 9.57. The molecule has 0 aliphatic carbocycles. The van der Waals surface area contributed by atoms with E-state index in [0.29, 0.717) is 5.92 Å². The normalized spacial score (nSPS) is 12.9. The maximum Gasteiger partial charge on any atom is 0.124 e. The molecule has 0 amide bonds. The highest BCUT2D eigenvalue weighted by Crippen LogP contribution is 2.14. The Morgan fingerprint density at radius 3 is 2.31 bits per heavy atom. The largest absolute Gasteiger partial charge is 0.488 e. The molecule has 72 valence electrons. The van der Waals surface area contributed by atoms with E-state index in [9.17, 15) is 0 Å². The van der Waals surface area contributed by atoms with Crippen LogP contribution in [0.3, 0.4) is 0 Å². The van der Waals surface area contributed by atoms with Crippen LogP contribution in [0.5, 0.6) is 5.75 Å². The Labute approximate surface area is 79.2 Å². The summed E-state index contributed by atoms with van der Waals surface area (Å²) in [5.74, 6) is 1.14. The van der Waals surface area contributed by atoms with Crippen molar-refractivity contribution >= 4 is 0 Å². The summed E-state index contributed by atoms with van der Waals surface area (Å²) in [7, 11) is 0. The molecule has 2 nitrogen and oxygen atoms in total. The minimum Gasteiger partial charge on any atom is -0.488 e. The van der Waals surface area contributed by atoms with E-state index in [4.69, 9.17) is 9.84 Å². The SMILES string of the molecule is CC(C)C(CO)Oc1ccccc1. The van der Waals surface area contributed by atoms with E-state index in [1.165, 1.54) is 0 Å². The minimum atomic E-state index is -0.109. The van der Waals surface area contributed by atoms with Gasteiger partial charge in [-0.1, -0.05) is 32.0 Å². The van der Waals surface area contributed by atoms with Crippen LogP contribution in [0.2, 0.25) is 0 Å². The zero-order valence-electron chi connectivity index (χ0n) is 8.10. The van der Waals surface area contributed by atoms with Crippen molar-refractivity contribution in [3.63, 3.8) is 0 Å².